The Morgan fingerprint density at radius 2 is 1.75 bits per heavy atom. The Morgan fingerprint density at radius 1 is 1.07 bits per heavy atom. The average molecular weight is 421 g/mol. The van der Waals surface area contributed by atoms with Crippen LogP contribution in [0.2, 0.25) is 10.0 Å². The van der Waals surface area contributed by atoms with E-state index in [1.54, 1.807) is 54.5 Å². The highest BCUT2D eigenvalue weighted by molar-refractivity contribution is 6.42. The molecule has 0 heterocycles. The van der Waals surface area contributed by atoms with Crippen molar-refractivity contribution in [2.45, 2.75) is 31.7 Å². The largest absolute Gasteiger partial charge is 0.497 e. The molecule has 2 amide bonds. The lowest BCUT2D eigenvalue weighted by Crippen LogP contribution is -2.43. The van der Waals surface area contributed by atoms with Crippen LogP contribution < -0.4 is 10.1 Å². The molecule has 0 radical (unpaired) electrons. The maximum Gasteiger partial charge on any atom is 0.254 e. The SMILES string of the molecule is COc1ccc(C(=O)N(CC(=O)Nc2ccc(Cl)c(Cl)c2)C2CCCC2)cc1. The molecule has 148 valence electrons. The summed E-state index contributed by atoms with van der Waals surface area (Å²) in [5.74, 6) is 0.257. The third-order valence-corrected chi connectivity index (χ3v) is 5.62. The minimum Gasteiger partial charge on any atom is -0.497 e. The van der Waals surface area contributed by atoms with Crippen LogP contribution in [0.25, 0.3) is 0 Å². The average Bonchev–Trinajstić information content (AvgIpc) is 3.23. The quantitative estimate of drug-likeness (QED) is 0.712. The van der Waals surface area contributed by atoms with Gasteiger partial charge in [-0.25, -0.2) is 0 Å². The van der Waals surface area contributed by atoms with Gasteiger partial charge in [-0.3, -0.25) is 9.59 Å². The molecule has 1 N–H and O–H groups in total. The molecule has 2 aromatic rings. The van der Waals surface area contributed by atoms with Crippen LogP contribution in [-0.4, -0.2) is 36.4 Å². The van der Waals surface area contributed by atoms with E-state index in [0.717, 1.165) is 25.7 Å². The van der Waals surface area contributed by atoms with Gasteiger partial charge in [0.2, 0.25) is 5.91 Å². The molecule has 3 rings (SSSR count). The normalized spacial score (nSPS) is 14.0. The Labute approximate surface area is 174 Å². The molecule has 5 nitrogen and oxygen atoms in total. The minimum atomic E-state index is -0.271. The lowest BCUT2D eigenvalue weighted by atomic mass is 10.1. The summed E-state index contributed by atoms with van der Waals surface area (Å²) in [5, 5.41) is 3.57. The molecular formula is C21H22Cl2N2O3. The summed E-state index contributed by atoms with van der Waals surface area (Å²) in [6.45, 7) is -0.0181. The van der Waals surface area contributed by atoms with E-state index < -0.39 is 0 Å². The summed E-state index contributed by atoms with van der Waals surface area (Å²) < 4.78 is 5.15. The molecule has 0 bridgehead atoms. The van der Waals surface area contributed by atoms with Crippen molar-refractivity contribution in [1.82, 2.24) is 4.90 Å². The molecule has 0 saturated heterocycles. The number of methoxy groups -OCH3 is 1. The van der Waals surface area contributed by atoms with Gasteiger partial charge in [-0.1, -0.05) is 36.0 Å². The molecule has 7 heteroatoms. The Kier molecular flexibility index (Phi) is 6.81. The second kappa shape index (κ2) is 9.30. The fraction of sp³-hybridized carbons (Fsp3) is 0.333. The zero-order valence-electron chi connectivity index (χ0n) is 15.6. The minimum absolute atomic E-state index is 0.0181. The van der Waals surface area contributed by atoms with Crippen molar-refractivity contribution in [3.63, 3.8) is 0 Å². The monoisotopic (exact) mass is 420 g/mol. The second-order valence-corrected chi connectivity index (χ2v) is 7.59. The van der Waals surface area contributed by atoms with E-state index in [9.17, 15) is 9.59 Å². The van der Waals surface area contributed by atoms with E-state index in [2.05, 4.69) is 5.32 Å². The zero-order chi connectivity index (χ0) is 20.1. The molecule has 0 spiro atoms. The number of carbonyl (C=O) groups is 2. The molecular weight excluding hydrogens is 399 g/mol. The van der Waals surface area contributed by atoms with Gasteiger partial charge >= 0.3 is 0 Å². The molecule has 1 aliphatic rings. The molecule has 0 aromatic heterocycles. The van der Waals surface area contributed by atoms with Crippen LogP contribution in [0.15, 0.2) is 42.5 Å². The lowest BCUT2D eigenvalue weighted by Gasteiger charge is -2.28. The second-order valence-electron chi connectivity index (χ2n) is 6.78. The first kappa shape index (κ1) is 20.5. The standard InChI is InChI=1S/C21H22Cl2N2O3/c1-28-17-9-6-14(7-10-17)21(27)25(16-4-2-3-5-16)13-20(26)24-15-8-11-18(22)19(23)12-15/h6-12,16H,2-5,13H2,1H3,(H,24,26). The Hall–Kier alpha value is -2.24. The van der Waals surface area contributed by atoms with Crippen molar-refractivity contribution in [3.8, 4) is 5.75 Å². The van der Waals surface area contributed by atoms with E-state index in [4.69, 9.17) is 27.9 Å². The van der Waals surface area contributed by atoms with Gasteiger partial charge in [0.15, 0.2) is 0 Å². The third kappa shape index (κ3) is 4.97. The number of hydrogen-bond donors (Lipinski definition) is 1. The molecule has 2 aromatic carbocycles. The number of nitrogens with zero attached hydrogens (tertiary/aromatic N) is 1. The van der Waals surface area contributed by atoms with Crippen molar-refractivity contribution in [2.24, 2.45) is 0 Å². The van der Waals surface area contributed by atoms with Gasteiger partial charge in [0.05, 0.1) is 17.2 Å². The number of halogens is 2. The van der Waals surface area contributed by atoms with Crippen LogP contribution in [0.3, 0.4) is 0 Å². The fourth-order valence-corrected chi connectivity index (χ4v) is 3.71. The summed E-state index contributed by atoms with van der Waals surface area (Å²) in [4.78, 5) is 27.4. The number of carbonyl (C=O) groups excluding carboxylic acids is 2. The number of rotatable bonds is 6. The van der Waals surface area contributed by atoms with Crippen LogP contribution in [0.4, 0.5) is 5.69 Å². The van der Waals surface area contributed by atoms with Gasteiger partial charge in [-0.05, 0) is 55.3 Å². The first-order valence-electron chi connectivity index (χ1n) is 9.18. The van der Waals surface area contributed by atoms with E-state index in [0.29, 0.717) is 27.0 Å². The number of nitrogens with one attached hydrogen (secondary N) is 1. The van der Waals surface area contributed by atoms with Crippen molar-refractivity contribution in [2.75, 3.05) is 19.0 Å². The summed E-state index contributed by atoms with van der Waals surface area (Å²) >= 11 is 11.9. The molecule has 28 heavy (non-hydrogen) atoms. The highest BCUT2D eigenvalue weighted by Crippen LogP contribution is 2.27. The fourth-order valence-electron chi connectivity index (χ4n) is 3.41. The van der Waals surface area contributed by atoms with E-state index in [1.165, 1.54) is 0 Å². The number of hydrogen-bond acceptors (Lipinski definition) is 3. The van der Waals surface area contributed by atoms with Crippen LogP contribution in [0, 0.1) is 0 Å². The van der Waals surface area contributed by atoms with Crippen molar-refractivity contribution >= 4 is 40.7 Å². The number of anilines is 1. The topological polar surface area (TPSA) is 58.6 Å². The molecule has 1 saturated carbocycles. The zero-order valence-corrected chi connectivity index (χ0v) is 17.1. The number of amides is 2. The smallest absolute Gasteiger partial charge is 0.254 e. The van der Waals surface area contributed by atoms with Crippen molar-refractivity contribution < 1.29 is 14.3 Å². The van der Waals surface area contributed by atoms with Crippen LogP contribution in [-0.2, 0) is 4.79 Å². The Balaban J connectivity index is 1.74. The molecule has 0 aliphatic heterocycles. The Morgan fingerprint density at radius 3 is 2.36 bits per heavy atom. The lowest BCUT2D eigenvalue weighted by molar-refractivity contribution is -0.117. The first-order chi connectivity index (χ1) is 13.5. The molecule has 1 aliphatic carbocycles. The molecule has 1 fully saturated rings. The predicted octanol–water partition coefficient (Wildman–Crippen LogP) is 5.03. The van der Waals surface area contributed by atoms with E-state index in [1.807, 2.05) is 0 Å². The summed E-state index contributed by atoms with van der Waals surface area (Å²) in [6.07, 6.45) is 3.93. The van der Waals surface area contributed by atoms with Crippen molar-refractivity contribution in [3.05, 3.63) is 58.1 Å². The van der Waals surface area contributed by atoms with Gasteiger partial charge in [0.1, 0.15) is 12.3 Å². The van der Waals surface area contributed by atoms with Crippen LogP contribution in [0.5, 0.6) is 5.75 Å². The predicted molar refractivity (Wildman–Crippen MR) is 111 cm³/mol. The highest BCUT2D eigenvalue weighted by atomic mass is 35.5. The van der Waals surface area contributed by atoms with Gasteiger partial charge in [0, 0.05) is 17.3 Å². The van der Waals surface area contributed by atoms with Gasteiger partial charge < -0.3 is 15.0 Å². The van der Waals surface area contributed by atoms with Crippen molar-refractivity contribution in [1.29, 1.82) is 0 Å². The maximum atomic E-state index is 13.1. The van der Waals surface area contributed by atoms with Gasteiger partial charge in [-0.2, -0.15) is 0 Å². The van der Waals surface area contributed by atoms with Crippen LogP contribution >= 0.6 is 23.2 Å². The number of ether oxygens (including phenoxy) is 1. The first-order valence-corrected chi connectivity index (χ1v) is 9.93. The summed E-state index contributed by atoms with van der Waals surface area (Å²) in [7, 11) is 1.58. The van der Waals surface area contributed by atoms with E-state index in [-0.39, 0.29) is 24.4 Å². The Bertz CT molecular complexity index is 849. The maximum absolute atomic E-state index is 13.1. The third-order valence-electron chi connectivity index (χ3n) is 4.88. The number of benzene rings is 2. The highest BCUT2D eigenvalue weighted by Gasteiger charge is 2.29. The van der Waals surface area contributed by atoms with Crippen LogP contribution in [0.1, 0.15) is 36.0 Å². The summed E-state index contributed by atoms with van der Waals surface area (Å²) in [6, 6.07) is 11.9. The molecule has 0 unspecified atom stereocenters. The van der Waals surface area contributed by atoms with Gasteiger partial charge in [-0.15, -0.1) is 0 Å². The molecule has 0 atom stereocenters. The van der Waals surface area contributed by atoms with Gasteiger partial charge in [0.25, 0.3) is 5.91 Å². The summed E-state index contributed by atoms with van der Waals surface area (Å²) in [5.41, 5.74) is 1.08. The van der Waals surface area contributed by atoms with E-state index >= 15 is 0 Å².